The smallest absolute Gasteiger partial charge is 0.325 e. The molecule has 7 heteroatoms. The topological polar surface area (TPSA) is 86.8 Å². The molecule has 1 aromatic rings. The van der Waals surface area contributed by atoms with Crippen molar-refractivity contribution in [1.82, 2.24) is 9.80 Å². The molecule has 27 heavy (non-hydrogen) atoms. The number of hydrogen-bond acceptors (Lipinski definition) is 4. The van der Waals surface area contributed by atoms with Crippen molar-refractivity contribution in [3.8, 4) is 0 Å². The predicted molar refractivity (Wildman–Crippen MR) is 97.4 cm³/mol. The maximum absolute atomic E-state index is 12.7. The molecule has 3 aliphatic rings. The van der Waals surface area contributed by atoms with Crippen LogP contribution in [0.15, 0.2) is 30.3 Å². The van der Waals surface area contributed by atoms with E-state index in [0.29, 0.717) is 17.5 Å². The third kappa shape index (κ3) is 3.11. The molecule has 142 valence electrons. The molecular formula is C20H23N3O4. The van der Waals surface area contributed by atoms with E-state index in [2.05, 4.69) is 5.32 Å². The van der Waals surface area contributed by atoms with Crippen LogP contribution < -0.4 is 5.32 Å². The molecule has 7 nitrogen and oxygen atoms in total. The second kappa shape index (κ2) is 6.79. The highest BCUT2D eigenvalue weighted by atomic mass is 16.2. The van der Waals surface area contributed by atoms with Gasteiger partial charge in [0.25, 0.3) is 0 Å². The van der Waals surface area contributed by atoms with Gasteiger partial charge in [-0.1, -0.05) is 24.6 Å². The molecule has 1 aliphatic heterocycles. The highest BCUT2D eigenvalue weighted by molar-refractivity contribution is 6.45. The normalized spacial score (nSPS) is 28.2. The van der Waals surface area contributed by atoms with Gasteiger partial charge >= 0.3 is 17.8 Å². The van der Waals surface area contributed by atoms with E-state index in [-0.39, 0.29) is 12.0 Å². The lowest BCUT2D eigenvalue weighted by atomic mass is 9.83. The summed E-state index contributed by atoms with van der Waals surface area (Å²) in [6, 6.07) is 7.78. The van der Waals surface area contributed by atoms with Crippen LogP contribution in [-0.2, 0) is 14.4 Å². The Morgan fingerprint density at radius 2 is 1.85 bits per heavy atom. The molecule has 0 radical (unpaired) electrons. The molecule has 4 unspecified atom stereocenters. The molecule has 5 amide bonds. The minimum absolute atomic E-state index is 0.252. The van der Waals surface area contributed by atoms with Crippen molar-refractivity contribution < 1.29 is 19.2 Å². The van der Waals surface area contributed by atoms with E-state index in [1.54, 1.807) is 24.3 Å². The molecule has 2 saturated carbocycles. The van der Waals surface area contributed by atoms with Crippen molar-refractivity contribution in [3.05, 3.63) is 30.3 Å². The maximum Gasteiger partial charge on any atom is 0.334 e. The number of carbonyl (C=O) groups excluding carboxylic acids is 4. The first kappa shape index (κ1) is 17.7. The lowest BCUT2D eigenvalue weighted by molar-refractivity contribution is -0.144. The fourth-order valence-electron chi connectivity index (χ4n) is 4.96. The third-order valence-corrected chi connectivity index (χ3v) is 6.26. The molecule has 1 aromatic carbocycles. The van der Waals surface area contributed by atoms with E-state index in [9.17, 15) is 19.2 Å². The molecule has 1 heterocycles. The van der Waals surface area contributed by atoms with Gasteiger partial charge in [-0.25, -0.2) is 9.69 Å². The Hall–Kier alpha value is -2.70. The molecule has 2 bridgehead atoms. The summed E-state index contributed by atoms with van der Waals surface area (Å²) in [6.45, 7) is 1.39. The highest BCUT2D eigenvalue weighted by Crippen LogP contribution is 2.50. The second-order valence-corrected chi connectivity index (χ2v) is 7.84. The van der Waals surface area contributed by atoms with Crippen LogP contribution >= 0.6 is 0 Å². The lowest BCUT2D eigenvalue weighted by Crippen LogP contribution is -2.45. The quantitative estimate of drug-likeness (QED) is 0.637. The van der Waals surface area contributed by atoms with Gasteiger partial charge in [-0.3, -0.25) is 19.3 Å². The van der Waals surface area contributed by atoms with E-state index >= 15 is 0 Å². The predicted octanol–water partition coefficient (Wildman–Crippen LogP) is 2.24. The molecule has 1 saturated heterocycles. The number of imide groups is 2. The van der Waals surface area contributed by atoms with Crippen molar-refractivity contribution in [2.75, 3.05) is 11.9 Å². The van der Waals surface area contributed by atoms with Crippen LogP contribution in [-0.4, -0.2) is 46.1 Å². The van der Waals surface area contributed by atoms with Gasteiger partial charge in [0.2, 0.25) is 5.91 Å². The van der Waals surface area contributed by atoms with Gasteiger partial charge in [-0.05, 0) is 56.1 Å². The summed E-state index contributed by atoms with van der Waals surface area (Å²) in [5, 5.41) is 2.63. The number of anilines is 1. The zero-order valence-electron chi connectivity index (χ0n) is 15.3. The zero-order chi connectivity index (χ0) is 19.1. The molecule has 3 fully saturated rings. The number of hydrogen-bond donors (Lipinski definition) is 1. The van der Waals surface area contributed by atoms with Crippen molar-refractivity contribution >= 4 is 29.4 Å². The molecule has 0 aromatic heterocycles. The van der Waals surface area contributed by atoms with Crippen molar-refractivity contribution in [3.63, 3.8) is 0 Å². The average molecular weight is 369 g/mol. The first-order chi connectivity index (χ1) is 13.0. The first-order valence-corrected chi connectivity index (χ1v) is 9.49. The van der Waals surface area contributed by atoms with Crippen LogP contribution in [0.4, 0.5) is 10.5 Å². The Labute approximate surface area is 157 Å². The summed E-state index contributed by atoms with van der Waals surface area (Å²) in [4.78, 5) is 51.6. The minimum atomic E-state index is -0.918. The number of nitrogens with one attached hydrogen (secondary N) is 1. The van der Waals surface area contributed by atoms with Crippen LogP contribution in [0, 0.1) is 17.8 Å². The Morgan fingerprint density at radius 1 is 1.11 bits per heavy atom. The lowest BCUT2D eigenvalue weighted by Gasteiger charge is -2.32. The summed E-state index contributed by atoms with van der Waals surface area (Å²) in [6.07, 6.45) is 4.52. The number of urea groups is 1. The van der Waals surface area contributed by atoms with Crippen LogP contribution in [0.2, 0.25) is 0 Å². The van der Waals surface area contributed by atoms with Gasteiger partial charge in [0.05, 0.1) is 0 Å². The zero-order valence-corrected chi connectivity index (χ0v) is 15.3. The van der Waals surface area contributed by atoms with Crippen molar-refractivity contribution in [1.29, 1.82) is 0 Å². The Kier molecular flexibility index (Phi) is 4.45. The fraction of sp³-hybridized carbons (Fsp3) is 0.500. The Morgan fingerprint density at radius 3 is 2.48 bits per heavy atom. The molecule has 4 atom stereocenters. The van der Waals surface area contributed by atoms with E-state index in [4.69, 9.17) is 0 Å². The molecule has 1 N–H and O–H groups in total. The molecule has 4 rings (SSSR count). The monoisotopic (exact) mass is 369 g/mol. The third-order valence-electron chi connectivity index (χ3n) is 6.26. The number of nitrogens with zero attached hydrogens (tertiary/aromatic N) is 2. The summed E-state index contributed by atoms with van der Waals surface area (Å²) in [5.74, 6) is -0.788. The number of para-hydroxylation sites is 1. The average Bonchev–Trinajstić information content (AvgIpc) is 3.34. The SMILES string of the molecule is CC(C1CC2CCC1C2)N1C(=O)C(=O)N(CC(=O)Nc2ccccc2)C1=O. The first-order valence-electron chi connectivity index (χ1n) is 9.49. The van der Waals surface area contributed by atoms with Gasteiger partial charge < -0.3 is 5.32 Å². The Balaban J connectivity index is 1.44. The number of benzene rings is 1. The van der Waals surface area contributed by atoms with Gasteiger partial charge in [-0.2, -0.15) is 0 Å². The van der Waals surface area contributed by atoms with Gasteiger partial charge in [0, 0.05) is 11.7 Å². The van der Waals surface area contributed by atoms with Crippen molar-refractivity contribution in [2.24, 2.45) is 17.8 Å². The number of fused-ring (bicyclic) bond motifs is 2. The van der Waals surface area contributed by atoms with Crippen LogP contribution in [0.1, 0.15) is 32.6 Å². The Bertz CT molecular complexity index is 794. The van der Waals surface area contributed by atoms with E-state index < -0.39 is 30.3 Å². The largest absolute Gasteiger partial charge is 0.334 e. The summed E-state index contributed by atoms with van der Waals surface area (Å²) >= 11 is 0. The van der Waals surface area contributed by atoms with Crippen molar-refractivity contribution in [2.45, 2.75) is 38.6 Å². The number of amides is 5. The second-order valence-electron chi connectivity index (χ2n) is 7.84. The molecular weight excluding hydrogens is 346 g/mol. The fourth-order valence-corrected chi connectivity index (χ4v) is 4.96. The van der Waals surface area contributed by atoms with Gasteiger partial charge in [0.15, 0.2) is 0 Å². The summed E-state index contributed by atoms with van der Waals surface area (Å²) < 4.78 is 0. The van der Waals surface area contributed by atoms with E-state index in [1.165, 1.54) is 6.42 Å². The molecule has 0 spiro atoms. The van der Waals surface area contributed by atoms with Crippen LogP contribution in [0.25, 0.3) is 0 Å². The summed E-state index contributed by atoms with van der Waals surface area (Å²) in [7, 11) is 0. The van der Waals surface area contributed by atoms with E-state index in [1.807, 2.05) is 13.0 Å². The maximum atomic E-state index is 12.7. The van der Waals surface area contributed by atoms with E-state index in [0.717, 1.165) is 29.1 Å². The number of rotatable bonds is 5. The number of carbonyl (C=O) groups is 4. The minimum Gasteiger partial charge on any atom is -0.325 e. The standard InChI is InChI=1S/C20H23N3O4/c1-12(16-10-13-7-8-14(16)9-13)23-19(26)18(25)22(20(23)27)11-17(24)21-15-5-3-2-4-6-15/h2-6,12-14,16H,7-11H2,1H3,(H,21,24). The summed E-state index contributed by atoms with van der Waals surface area (Å²) in [5.41, 5.74) is 0.570. The van der Waals surface area contributed by atoms with Gasteiger partial charge in [0.1, 0.15) is 6.54 Å². The van der Waals surface area contributed by atoms with Crippen LogP contribution in [0.3, 0.4) is 0 Å². The van der Waals surface area contributed by atoms with Crippen LogP contribution in [0.5, 0.6) is 0 Å². The highest BCUT2D eigenvalue weighted by Gasteiger charge is 2.52. The van der Waals surface area contributed by atoms with Gasteiger partial charge in [-0.15, -0.1) is 0 Å². The molecule has 2 aliphatic carbocycles.